The minimum absolute atomic E-state index is 0.194. The number of hydrogen-bond donors (Lipinski definition) is 3. The van der Waals surface area contributed by atoms with Crippen LogP contribution in [-0.2, 0) is 0 Å². The van der Waals surface area contributed by atoms with Gasteiger partial charge in [-0.2, -0.15) is 4.98 Å². The van der Waals surface area contributed by atoms with Gasteiger partial charge in [0.1, 0.15) is 5.60 Å². The Balaban J connectivity index is 2.18. The molecule has 0 bridgehead atoms. The molecule has 0 aliphatic heterocycles. The largest absolute Gasteiger partial charge is 0.393 e. The Morgan fingerprint density at radius 2 is 2.24 bits per heavy atom. The molecule has 2 aromatic rings. The van der Waals surface area contributed by atoms with E-state index in [0.717, 1.165) is 11.3 Å². The van der Waals surface area contributed by atoms with E-state index in [9.17, 15) is 5.11 Å². The summed E-state index contributed by atoms with van der Waals surface area (Å²) in [6.07, 6.45) is 0. The molecule has 0 fully saturated rings. The Bertz CT molecular complexity index is 521. The predicted octanol–water partition coefficient (Wildman–Crippen LogP) is 0.193. The average Bonchev–Trinajstić information content (AvgIpc) is 2.71. The highest BCUT2D eigenvalue weighted by molar-refractivity contribution is 5.44. The Morgan fingerprint density at radius 1 is 1.47 bits per heavy atom. The number of nitrogens with zero attached hydrogens (tertiary/aromatic N) is 3. The monoisotopic (exact) mass is 236 g/mol. The van der Waals surface area contributed by atoms with Crippen molar-refractivity contribution in [3.05, 3.63) is 23.9 Å². The topological polar surface area (TPSA) is 82.7 Å². The molecule has 0 aromatic carbocycles. The molecule has 1 atom stereocenters. The lowest BCUT2D eigenvalue weighted by Gasteiger charge is -2.19. The van der Waals surface area contributed by atoms with Crippen molar-refractivity contribution in [1.82, 2.24) is 14.6 Å². The number of aliphatic hydroxyl groups is 2. The zero-order valence-corrected chi connectivity index (χ0v) is 9.88. The second-order valence-electron chi connectivity index (χ2n) is 4.38. The van der Waals surface area contributed by atoms with Crippen LogP contribution in [0.1, 0.15) is 12.6 Å². The Hall–Kier alpha value is -1.66. The van der Waals surface area contributed by atoms with Crippen molar-refractivity contribution >= 4 is 11.6 Å². The highest BCUT2D eigenvalue weighted by Gasteiger charge is 2.19. The van der Waals surface area contributed by atoms with Crippen molar-refractivity contribution < 1.29 is 10.2 Å². The van der Waals surface area contributed by atoms with Crippen LogP contribution in [0.5, 0.6) is 0 Å². The fourth-order valence-electron chi connectivity index (χ4n) is 1.44. The van der Waals surface area contributed by atoms with Crippen LogP contribution in [0.4, 0.5) is 5.95 Å². The van der Waals surface area contributed by atoms with Crippen molar-refractivity contribution in [2.24, 2.45) is 0 Å². The van der Waals surface area contributed by atoms with Crippen LogP contribution in [0.15, 0.2) is 18.2 Å². The van der Waals surface area contributed by atoms with Gasteiger partial charge in [0.2, 0.25) is 5.95 Å². The third-order valence-corrected chi connectivity index (χ3v) is 2.52. The van der Waals surface area contributed by atoms with Crippen LogP contribution in [-0.4, -0.2) is 43.6 Å². The quantitative estimate of drug-likeness (QED) is 0.706. The molecule has 0 radical (unpaired) electrons. The molecular formula is C11H16N4O2. The van der Waals surface area contributed by atoms with Crippen molar-refractivity contribution in [2.75, 3.05) is 18.5 Å². The van der Waals surface area contributed by atoms with Crippen LogP contribution in [0.3, 0.4) is 0 Å². The van der Waals surface area contributed by atoms with Gasteiger partial charge < -0.3 is 15.5 Å². The number of nitrogens with one attached hydrogen (secondary N) is 1. The molecule has 0 saturated heterocycles. The van der Waals surface area contributed by atoms with Crippen molar-refractivity contribution in [2.45, 2.75) is 19.4 Å². The zero-order chi connectivity index (χ0) is 12.5. The van der Waals surface area contributed by atoms with E-state index < -0.39 is 5.60 Å². The molecular weight excluding hydrogens is 220 g/mol. The first kappa shape index (κ1) is 11.8. The number of hydrogen-bond acceptors (Lipinski definition) is 5. The van der Waals surface area contributed by atoms with Crippen LogP contribution in [0.2, 0.25) is 0 Å². The molecule has 3 N–H and O–H groups in total. The number of rotatable bonds is 4. The summed E-state index contributed by atoms with van der Waals surface area (Å²) in [5.41, 5.74) is 0.556. The van der Waals surface area contributed by atoms with E-state index in [-0.39, 0.29) is 13.2 Å². The molecule has 2 aromatic heterocycles. The van der Waals surface area contributed by atoms with Gasteiger partial charge >= 0.3 is 0 Å². The standard InChI is InChI=1S/C11H16N4O2/c1-8-4-3-5-9-13-10(14-15(8)9)12-6-11(2,17)7-16/h3-5,16-17H,6-7H2,1-2H3,(H,12,14). The van der Waals surface area contributed by atoms with Crippen LogP contribution < -0.4 is 5.32 Å². The predicted molar refractivity (Wildman–Crippen MR) is 63.9 cm³/mol. The van der Waals surface area contributed by atoms with Gasteiger partial charge in [-0.1, -0.05) is 6.07 Å². The maximum atomic E-state index is 9.64. The van der Waals surface area contributed by atoms with Crippen LogP contribution in [0, 0.1) is 6.92 Å². The maximum absolute atomic E-state index is 9.64. The summed E-state index contributed by atoms with van der Waals surface area (Å²) in [6, 6.07) is 5.71. The highest BCUT2D eigenvalue weighted by Crippen LogP contribution is 2.09. The van der Waals surface area contributed by atoms with Gasteiger partial charge in [0, 0.05) is 12.2 Å². The van der Waals surface area contributed by atoms with Gasteiger partial charge in [0.15, 0.2) is 5.65 Å². The molecule has 0 aliphatic rings. The molecule has 17 heavy (non-hydrogen) atoms. The lowest BCUT2D eigenvalue weighted by molar-refractivity contribution is 0.0131. The molecule has 0 saturated carbocycles. The Kier molecular flexibility index (Phi) is 2.99. The molecule has 2 heterocycles. The van der Waals surface area contributed by atoms with Crippen molar-refractivity contribution in [1.29, 1.82) is 0 Å². The number of aryl methyl sites for hydroxylation is 1. The molecule has 92 valence electrons. The van der Waals surface area contributed by atoms with E-state index in [2.05, 4.69) is 15.4 Å². The smallest absolute Gasteiger partial charge is 0.243 e. The molecule has 2 rings (SSSR count). The summed E-state index contributed by atoms with van der Waals surface area (Å²) >= 11 is 0. The van der Waals surface area contributed by atoms with E-state index >= 15 is 0 Å². The molecule has 1 unspecified atom stereocenters. The first-order chi connectivity index (χ1) is 8.02. The van der Waals surface area contributed by atoms with E-state index in [1.165, 1.54) is 0 Å². The van der Waals surface area contributed by atoms with E-state index in [1.54, 1.807) is 11.4 Å². The van der Waals surface area contributed by atoms with Crippen LogP contribution >= 0.6 is 0 Å². The van der Waals surface area contributed by atoms with Gasteiger partial charge in [-0.25, -0.2) is 4.52 Å². The summed E-state index contributed by atoms with van der Waals surface area (Å²) < 4.78 is 1.72. The van der Waals surface area contributed by atoms with Gasteiger partial charge in [-0.05, 0) is 26.0 Å². The van der Waals surface area contributed by atoms with Gasteiger partial charge in [0.25, 0.3) is 0 Å². The van der Waals surface area contributed by atoms with Gasteiger partial charge in [-0.15, -0.1) is 5.10 Å². The number of pyridine rings is 1. The lowest BCUT2D eigenvalue weighted by Crippen LogP contribution is -2.37. The second-order valence-corrected chi connectivity index (χ2v) is 4.38. The first-order valence-corrected chi connectivity index (χ1v) is 5.41. The molecule has 6 nitrogen and oxygen atoms in total. The second kappa shape index (κ2) is 4.31. The number of fused-ring (bicyclic) bond motifs is 1. The lowest BCUT2D eigenvalue weighted by atomic mass is 10.1. The van der Waals surface area contributed by atoms with E-state index in [0.29, 0.717) is 5.95 Å². The molecule has 0 spiro atoms. The highest BCUT2D eigenvalue weighted by atomic mass is 16.3. The average molecular weight is 236 g/mol. The number of aliphatic hydroxyl groups excluding tert-OH is 1. The summed E-state index contributed by atoms with van der Waals surface area (Å²) in [7, 11) is 0. The fourth-order valence-corrected chi connectivity index (χ4v) is 1.44. The zero-order valence-electron chi connectivity index (χ0n) is 9.88. The van der Waals surface area contributed by atoms with Crippen molar-refractivity contribution in [3.63, 3.8) is 0 Å². The third kappa shape index (κ3) is 2.54. The first-order valence-electron chi connectivity index (χ1n) is 5.41. The summed E-state index contributed by atoms with van der Waals surface area (Å²) in [4.78, 5) is 4.26. The van der Waals surface area contributed by atoms with Gasteiger partial charge in [0.05, 0.1) is 6.61 Å². The van der Waals surface area contributed by atoms with Crippen molar-refractivity contribution in [3.8, 4) is 0 Å². The normalized spacial score (nSPS) is 14.8. The minimum atomic E-state index is -1.17. The SMILES string of the molecule is Cc1cccc2nc(NCC(C)(O)CO)nn12. The van der Waals surface area contributed by atoms with E-state index in [1.807, 2.05) is 25.1 Å². The number of anilines is 1. The minimum Gasteiger partial charge on any atom is -0.393 e. The summed E-state index contributed by atoms with van der Waals surface area (Å²) in [5, 5.41) is 25.7. The molecule has 0 amide bonds. The maximum Gasteiger partial charge on any atom is 0.243 e. The van der Waals surface area contributed by atoms with E-state index in [4.69, 9.17) is 5.11 Å². The Labute approximate surface area is 98.9 Å². The van der Waals surface area contributed by atoms with Crippen LogP contribution in [0.25, 0.3) is 5.65 Å². The summed E-state index contributed by atoms with van der Waals surface area (Å²) in [6.45, 7) is 3.36. The number of aromatic nitrogens is 3. The fraction of sp³-hybridized carbons (Fsp3) is 0.455. The summed E-state index contributed by atoms with van der Waals surface area (Å²) in [5.74, 6) is 0.438. The Morgan fingerprint density at radius 3 is 2.88 bits per heavy atom. The van der Waals surface area contributed by atoms with Gasteiger partial charge in [-0.3, -0.25) is 0 Å². The molecule has 6 heteroatoms. The molecule has 0 aliphatic carbocycles. The third-order valence-electron chi connectivity index (χ3n) is 2.52.